The number of hydrogen-bond donors (Lipinski definition) is 3. The summed E-state index contributed by atoms with van der Waals surface area (Å²) in [7, 11) is 0. The van der Waals surface area contributed by atoms with Gasteiger partial charge in [0.2, 0.25) is 0 Å². The Morgan fingerprint density at radius 3 is 2.58 bits per heavy atom. The molecule has 0 bridgehead atoms. The van der Waals surface area contributed by atoms with Gasteiger partial charge >= 0.3 is 5.97 Å². The molecule has 26 heavy (non-hydrogen) atoms. The Hall–Kier alpha value is -3.04. The molecule has 3 N–H and O–H groups in total. The van der Waals surface area contributed by atoms with Gasteiger partial charge in [0.15, 0.2) is 0 Å². The quantitative estimate of drug-likeness (QED) is 0.782. The fourth-order valence-electron chi connectivity index (χ4n) is 3.30. The molecule has 0 radical (unpaired) electrons. The van der Waals surface area contributed by atoms with Crippen molar-refractivity contribution in [1.82, 2.24) is 0 Å². The third-order valence-corrected chi connectivity index (χ3v) is 4.64. The van der Waals surface area contributed by atoms with E-state index in [2.05, 4.69) is 5.32 Å². The van der Waals surface area contributed by atoms with E-state index in [0.29, 0.717) is 22.6 Å². The molecule has 0 amide bonds. The number of aliphatic hydroxyl groups excluding tert-OH is 1. The zero-order valence-corrected chi connectivity index (χ0v) is 14.5. The van der Waals surface area contributed by atoms with Crippen molar-refractivity contribution in [3.05, 3.63) is 59.7 Å². The van der Waals surface area contributed by atoms with E-state index in [1.54, 1.807) is 56.3 Å². The second-order valence-electron chi connectivity index (χ2n) is 6.87. The van der Waals surface area contributed by atoms with Gasteiger partial charge in [0.05, 0.1) is 11.6 Å². The minimum absolute atomic E-state index is 0.383. The van der Waals surface area contributed by atoms with Crippen molar-refractivity contribution >= 4 is 11.7 Å². The molecule has 0 fully saturated rings. The predicted octanol–water partition coefficient (Wildman–Crippen LogP) is 2.74. The summed E-state index contributed by atoms with van der Waals surface area (Å²) in [6, 6.07) is 14.8. The first kappa shape index (κ1) is 17.8. The van der Waals surface area contributed by atoms with Gasteiger partial charge in [-0.05, 0) is 44.2 Å². The van der Waals surface area contributed by atoms with E-state index in [1.165, 1.54) is 0 Å². The van der Waals surface area contributed by atoms with E-state index in [4.69, 9.17) is 4.74 Å². The summed E-state index contributed by atoms with van der Waals surface area (Å²) in [6.07, 6.45) is -1.08. The number of aliphatic carboxylic acids is 1. The van der Waals surface area contributed by atoms with Crippen LogP contribution in [-0.2, 0) is 4.79 Å². The van der Waals surface area contributed by atoms with Gasteiger partial charge in [-0.1, -0.05) is 18.2 Å². The molecule has 6 heteroatoms. The van der Waals surface area contributed by atoms with Gasteiger partial charge in [-0.25, -0.2) is 4.79 Å². The number of benzene rings is 2. The topological polar surface area (TPSA) is 103 Å². The van der Waals surface area contributed by atoms with Gasteiger partial charge in [-0.15, -0.1) is 0 Å². The predicted molar refractivity (Wildman–Crippen MR) is 96.1 cm³/mol. The van der Waals surface area contributed by atoms with Crippen molar-refractivity contribution < 1.29 is 19.7 Å². The maximum atomic E-state index is 12.0. The number of para-hydroxylation sites is 1. The van der Waals surface area contributed by atoms with Gasteiger partial charge in [0.1, 0.15) is 23.5 Å². The molecule has 0 saturated heterocycles. The minimum atomic E-state index is -1.09. The van der Waals surface area contributed by atoms with E-state index in [0.717, 1.165) is 0 Å². The molecule has 0 saturated carbocycles. The average molecular weight is 352 g/mol. The maximum absolute atomic E-state index is 12.0. The number of aliphatic hydroxyl groups is 1. The van der Waals surface area contributed by atoms with E-state index in [9.17, 15) is 20.3 Å². The standard InChI is InChI=1S/C20H20N2O4/c1-20(2)18(23)16(14-10-12(11-21)8-9-15(14)26-20)17(19(24)25)22-13-6-4-3-5-7-13/h3-10,16-18,22-23H,1-2H3,(H,24,25). The normalized spacial score (nSPS) is 21.6. The Kier molecular flexibility index (Phi) is 4.58. The molecule has 134 valence electrons. The molecule has 0 aromatic heterocycles. The summed E-state index contributed by atoms with van der Waals surface area (Å²) in [5.41, 5.74) is 0.548. The molecule has 1 aliphatic heterocycles. The number of carboxylic acid groups (broad SMARTS) is 1. The Bertz CT molecular complexity index is 858. The van der Waals surface area contributed by atoms with Crippen LogP contribution in [0.25, 0.3) is 0 Å². The fourth-order valence-corrected chi connectivity index (χ4v) is 3.30. The highest BCUT2D eigenvalue weighted by Crippen LogP contribution is 2.43. The number of anilines is 1. The van der Waals surface area contributed by atoms with Crippen molar-refractivity contribution in [1.29, 1.82) is 5.26 Å². The molecule has 6 nitrogen and oxygen atoms in total. The van der Waals surface area contributed by atoms with Crippen molar-refractivity contribution in [3.63, 3.8) is 0 Å². The highest BCUT2D eigenvalue weighted by atomic mass is 16.5. The number of carboxylic acids is 1. The number of nitriles is 1. The molecular formula is C20H20N2O4. The number of nitrogens with one attached hydrogen (secondary N) is 1. The van der Waals surface area contributed by atoms with Crippen LogP contribution in [0.3, 0.4) is 0 Å². The van der Waals surface area contributed by atoms with Crippen molar-refractivity contribution in [2.75, 3.05) is 5.32 Å². The Morgan fingerprint density at radius 1 is 1.27 bits per heavy atom. The van der Waals surface area contributed by atoms with Crippen LogP contribution in [0.15, 0.2) is 48.5 Å². The third kappa shape index (κ3) is 3.22. The maximum Gasteiger partial charge on any atom is 0.326 e. The zero-order valence-electron chi connectivity index (χ0n) is 14.5. The number of ether oxygens (including phenoxy) is 1. The molecule has 1 heterocycles. The smallest absolute Gasteiger partial charge is 0.326 e. The van der Waals surface area contributed by atoms with E-state index < -0.39 is 29.6 Å². The summed E-state index contributed by atoms with van der Waals surface area (Å²) < 4.78 is 5.86. The largest absolute Gasteiger partial charge is 0.485 e. The fraction of sp³-hybridized carbons (Fsp3) is 0.300. The van der Waals surface area contributed by atoms with Gasteiger partial charge in [0.25, 0.3) is 0 Å². The lowest BCUT2D eigenvalue weighted by Gasteiger charge is -2.44. The van der Waals surface area contributed by atoms with Gasteiger partial charge in [0, 0.05) is 17.2 Å². The summed E-state index contributed by atoms with van der Waals surface area (Å²) >= 11 is 0. The van der Waals surface area contributed by atoms with Crippen LogP contribution in [-0.4, -0.2) is 33.9 Å². The van der Waals surface area contributed by atoms with Gasteiger partial charge < -0.3 is 20.3 Å². The number of hydrogen-bond acceptors (Lipinski definition) is 5. The molecule has 1 aliphatic rings. The lowest BCUT2D eigenvalue weighted by Crippen LogP contribution is -2.54. The van der Waals surface area contributed by atoms with Crippen LogP contribution in [0, 0.1) is 11.3 Å². The second kappa shape index (κ2) is 6.70. The Balaban J connectivity index is 2.10. The van der Waals surface area contributed by atoms with E-state index >= 15 is 0 Å². The lowest BCUT2D eigenvalue weighted by atomic mass is 9.76. The van der Waals surface area contributed by atoms with Crippen LogP contribution < -0.4 is 10.1 Å². The molecule has 0 spiro atoms. The highest BCUT2D eigenvalue weighted by molar-refractivity contribution is 5.79. The summed E-state index contributed by atoms with van der Waals surface area (Å²) in [6.45, 7) is 3.43. The van der Waals surface area contributed by atoms with E-state index in [-0.39, 0.29) is 0 Å². The molecule has 3 unspecified atom stereocenters. The monoisotopic (exact) mass is 352 g/mol. The van der Waals surface area contributed by atoms with Crippen LogP contribution in [0.2, 0.25) is 0 Å². The Morgan fingerprint density at radius 2 is 1.96 bits per heavy atom. The van der Waals surface area contributed by atoms with Crippen molar-refractivity contribution in [2.45, 2.75) is 37.5 Å². The second-order valence-corrected chi connectivity index (χ2v) is 6.87. The van der Waals surface area contributed by atoms with Crippen LogP contribution >= 0.6 is 0 Å². The molecule has 3 rings (SSSR count). The molecule has 3 atom stereocenters. The minimum Gasteiger partial charge on any atom is -0.485 e. The highest BCUT2D eigenvalue weighted by Gasteiger charge is 2.48. The SMILES string of the molecule is CC1(C)Oc2ccc(C#N)cc2C(C(Nc2ccccc2)C(=O)O)C1O. The number of rotatable bonds is 4. The zero-order chi connectivity index (χ0) is 18.9. The average Bonchev–Trinajstić information content (AvgIpc) is 2.61. The molecule has 0 aliphatic carbocycles. The first-order chi connectivity index (χ1) is 12.3. The van der Waals surface area contributed by atoms with Gasteiger partial charge in [-0.2, -0.15) is 5.26 Å². The lowest BCUT2D eigenvalue weighted by molar-refractivity contribution is -0.141. The molecular weight excluding hydrogens is 332 g/mol. The number of fused-ring (bicyclic) bond motifs is 1. The first-order valence-electron chi connectivity index (χ1n) is 8.29. The Labute approximate surface area is 151 Å². The van der Waals surface area contributed by atoms with Crippen LogP contribution in [0.5, 0.6) is 5.75 Å². The number of carbonyl (C=O) groups is 1. The van der Waals surface area contributed by atoms with Crippen LogP contribution in [0.1, 0.15) is 30.9 Å². The summed E-state index contributed by atoms with van der Waals surface area (Å²) in [5, 5.41) is 32.9. The van der Waals surface area contributed by atoms with Crippen molar-refractivity contribution in [3.8, 4) is 11.8 Å². The third-order valence-electron chi connectivity index (χ3n) is 4.64. The molecule has 2 aromatic carbocycles. The molecule has 2 aromatic rings. The van der Waals surface area contributed by atoms with Crippen LogP contribution in [0.4, 0.5) is 5.69 Å². The van der Waals surface area contributed by atoms with E-state index in [1.807, 2.05) is 12.1 Å². The summed E-state index contributed by atoms with van der Waals surface area (Å²) in [4.78, 5) is 12.0. The number of nitrogens with zero attached hydrogens (tertiary/aromatic N) is 1. The summed E-state index contributed by atoms with van der Waals surface area (Å²) in [5.74, 6) is -1.41. The van der Waals surface area contributed by atoms with Crippen molar-refractivity contribution in [2.24, 2.45) is 0 Å². The van der Waals surface area contributed by atoms with Gasteiger partial charge in [-0.3, -0.25) is 0 Å². The first-order valence-corrected chi connectivity index (χ1v) is 8.29.